The first kappa shape index (κ1) is 12.0. The molecule has 0 radical (unpaired) electrons. The van der Waals surface area contributed by atoms with E-state index in [9.17, 15) is 0 Å². The highest BCUT2D eigenvalue weighted by Crippen LogP contribution is 2.34. The molecule has 0 heterocycles. The molecule has 0 aromatic carbocycles. The van der Waals surface area contributed by atoms with Gasteiger partial charge in [-0.3, -0.25) is 0 Å². The van der Waals surface area contributed by atoms with E-state index in [2.05, 4.69) is 20.8 Å². The lowest BCUT2D eigenvalue weighted by Gasteiger charge is -2.33. The fraction of sp³-hybridized carbons (Fsp3) is 1.00. The first-order valence-electron chi connectivity index (χ1n) is 6.39. The molecule has 0 aromatic rings. The Labute approximate surface area is 89.5 Å². The van der Waals surface area contributed by atoms with Crippen LogP contribution in [0.4, 0.5) is 0 Å². The molecule has 1 aliphatic carbocycles. The molecule has 1 saturated carbocycles. The molecule has 1 fully saturated rings. The average Bonchev–Trinajstić information content (AvgIpc) is 2.16. The van der Waals surface area contributed by atoms with Gasteiger partial charge >= 0.3 is 0 Å². The van der Waals surface area contributed by atoms with Crippen molar-refractivity contribution < 1.29 is 0 Å². The molecule has 1 heteroatoms. The Morgan fingerprint density at radius 2 is 2.00 bits per heavy atom. The topological polar surface area (TPSA) is 26.0 Å². The predicted molar refractivity (Wildman–Crippen MR) is 63.2 cm³/mol. The van der Waals surface area contributed by atoms with Crippen LogP contribution in [0, 0.1) is 17.8 Å². The van der Waals surface area contributed by atoms with Crippen LogP contribution in [0.5, 0.6) is 0 Å². The normalized spacial score (nSPS) is 30.6. The van der Waals surface area contributed by atoms with Crippen molar-refractivity contribution in [3.8, 4) is 0 Å². The van der Waals surface area contributed by atoms with Crippen LogP contribution in [0.2, 0.25) is 0 Å². The van der Waals surface area contributed by atoms with E-state index >= 15 is 0 Å². The minimum Gasteiger partial charge on any atom is -0.327 e. The van der Waals surface area contributed by atoms with Crippen LogP contribution in [-0.4, -0.2) is 6.04 Å². The second kappa shape index (κ2) is 5.75. The third-order valence-electron chi connectivity index (χ3n) is 3.71. The molecule has 14 heavy (non-hydrogen) atoms. The first-order valence-corrected chi connectivity index (χ1v) is 6.39. The monoisotopic (exact) mass is 197 g/mol. The van der Waals surface area contributed by atoms with Crippen molar-refractivity contribution in [2.75, 3.05) is 0 Å². The van der Waals surface area contributed by atoms with E-state index in [-0.39, 0.29) is 0 Å². The standard InChI is InChI=1S/C13H27N/c1-4-13(14)12-7-5-6-11(9-12)8-10(2)3/h10-13H,4-9,14H2,1-3H3. The molecule has 1 rings (SSSR count). The quantitative estimate of drug-likeness (QED) is 0.732. The van der Waals surface area contributed by atoms with Crippen molar-refractivity contribution in [1.82, 2.24) is 0 Å². The van der Waals surface area contributed by atoms with Gasteiger partial charge in [0, 0.05) is 6.04 Å². The van der Waals surface area contributed by atoms with Gasteiger partial charge in [0.15, 0.2) is 0 Å². The van der Waals surface area contributed by atoms with Gasteiger partial charge in [0.1, 0.15) is 0 Å². The van der Waals surface area contributed by atoms with Crippen molar-refractivity contribution in [1.29, 1.82) is 0 Å². The van der Waals surface area contributed by atoms with Crippen molar-refractivity contribution in [3.05, 3.63) is 0 Å². The van der Waals surface area contributed by atoms with E-state index in [0.717, 1.165) is 24.2 Å². The van der Waals surface area contributed by atoms with Gasteiger partial charge < -0.3 is 5.73 Å². The molecule has 0 saturated heterocycles. The molecule has 0 bridgehead atoms. The van der Waals surface area contributed by atoms with Crippen molar-refractivity contribution in [3.63, 3.8) is 0 Å². The lowest BCUT2D eigenvalue weighted by molar-refractivity contribution is 0.208. The number of rotatable bonds is 4. The molecule has 0 aromatic heterocycles. The van der Waals surface area contributed by atoms with Crippen LogP contribution in [0.1, 0.15) is 59.3 Å². The molecule has 84 valence electrons. The van der Waals surface area contributed by atoms with Crippen molar-refractivity contribution >= 4 is 0 Å². The third-order valence-corrected chi connectivity index (χ3v) is 3.71. The van der Waals surface area contributed by atoms with Gasteiger partial charge in [-0.15, -0.1) is 0 Å². The van der Waals surface area contributed by atoms with Crippen LogP contribution in [-0.2, 0) is 0 Å². The van der Waals surface area contributed by atoms with E-state index in [4.69, 9.17) is 5.73 Å². The Balaban J connectivity index is 2.35. The molecule has 2 N–H and O–H groups in total. The molecule has 3 atom stereocenters. The summed E-state index contributed by atoms with van der Waals surface area (Å²) in [5.74, 6) is 2.64. The first-order chi connectivity index (χ1) is 6.63. The zero-order chi connectivity index (χ0) is 10.6. The summed E-state index contributed by atoms with van der Waals surface area (Å²) < 4.78 is 0. The van der Waals surface area contributed by atoms with Gasteiger partial charge in [0.2, 0.25) is 0 Å². The Kier molecular flexibility index (Phi) is 4.94. The summed E-state index contributed by atoms with van der Waals surface area (Å²) in [5, 5.41) is 0. The number of hydrogen-bond donors (Lipinski definition) is 1. The van der Waals surface area contributed by atoms with Crippen molar-refractivity contribution in [2.24, 2.45) is 23.5 Å². The summed E-state index contributed by atoms with van der Waals surface area (Å²) >= 11 is 0. The van der Waals surface area contributed by atoms with Crippen LogP contribution in [0.3, 0.4) is 0 Å². The minimum absolute atomic E-state index is 0.463. The van der Waals surface area contributed by atoms with E-state index in [1.165, 1.54) is 32.1 Å². The summed E-state index contributed by atoms with van der Waals surface area (Å²) in [4.78, 5) is 0. The highest BCUT2D eigenvalue weighted by Gasteiger charge is 2.25. The second-order valence-electron chi connectivity index (χ2n) is 5.49. The molecule has 0 amide bonds. The Morgan fingerprint density at radius 3 is 2.57 bits per heavy atom. The average molecular weight is 197 g/mol. The van der Waals surface area contributed by atoms with Gasteiger partial charge in [-0.1, -0.05) is 33.6 Å². The molecule has 0 aliphatic heterocycles. The largest absolute Gasteiger partial charge is 0.327 e. The fourth-order valence-corrected chi connectivity index (χ4v) is 2.94. The third kappa shape index (κ3) is 3.61. The summed E-state index contributed by atoms with van der Waals surface area (Å²) in [6.07, 6.45) is 8.20. The van der Waals surface area contributed by atoms with E-state index in [0.29, 0.717) is 6.04 Å². The lowest BCUT2D eigenvalue weighted by Crippen LogP contribution is -2.33. The maximum Gasteiger partial charge on any atom is 0.00646 e. The molecule has 0 spiro atoms. The fourth-order valence-electron chi connectivity index (χ4n) is 2.94. The van der Waals surface area contributed by atoms with E-state index in [1.54, 1.807) is 0 Å². The lowest BCUT2D eigenvalue weighted by atomic mass is 9.75. The predicted octanol–water partition coefficient (Wildman–Crippen LogP) is 3.58. The summed E-state index contributed by atoms with van der Waals surface area (Å²) in [7, 11) is 0. The van der Waals surface area contributed by atoms with Crippen LogP contribution in [0.15, 0.2) is 0 Å². The maximum absolute atomic E-state index is 6.14. The molecule has 1 nitrogen and oxygen atoms in total. The molecular formula is C13H27N. The second-order valence-corrected chi connectivity index (χ2v) is 5.49. The number of nitrogens with two attached hydrogens (primary N) is 1. The highest BCUT2D eigenvalue weighted by atomic mass is 14.6. The van der Waals surface area contributed by atoms with Crippen molar-refractivity contribution in [2.45, 2.75) is 65.3 Å². The summed E-state index contributed by atoms with van der Waals surface area (Å²) in [5.41, 5.74) is 6.14. The summed E-state index contributed by atoms with van der Waals surface area (Å²) in [6.45, 7) is 6.89. The summed E-state index contributed by atoms with van der Waals surface area (Å²) in [6, 6.07) is 0.463. The zero-order valence-corrected chi connectivity index (χ0v) is 10.1. The van der Waals surface area contributed by atoms with Gasteiger partial charge in [0.25, 0.3) is 0 Å². The number of hydrogen-bond acceptors (Lipinski definition) is 1. The molecular weight excluding hydrogens is 170 g/mol. The maximum atomic E-state index is 6.14. The zero-order valence-electron chi connectivity index (χ0n) is 10.1. The van der Waals surface area contributed by atoms with Gasteiger partial charge in [0.05, 0.1) is 0 Å². The minimum atomic E-state index is 0.463. The van der Waals surface area contributed by atoms with E-state index < -0.39 is 0 Å². The Morgan fingerprint density at radius 1 is 1.29 bits per heavy atom. The van der Waals surface area contributed by atoms with Crippen LogP contribution < -0.4 is 5.73 Å². The molecule has 1 aliphatic rings. The highest BCUT2D eigenvalue weighted by molar-refractivity contribution is 4.80. The van der Waals surface area contributed by atoms with Crippen LogP contribution in [0.25, 0.3) is 0 Å². The SMILES string of the molecule is CCC(N)C1CCCC(CC(C)C)C1. The van der Waals surface area contributed by atoms with Crippen LogP contribution >= 0.6 is 0 Å². The Hall–Kier alpha value is -0.0400. The Bertz CT molecular complexity index is 153. The van der Waals surface area contributed by atoms with E-state index in [1.807, 2.05) is 0 Å². The molecule has 3 unspecified atom stereocenters. The van der Waals surface area contributed by atoms with Gasteiger partial charge in [-0.2, -0.15) is 0 Å². The van der Waals surface area contributed by atoms with Gasteiger partial charge in [-0.25, -0.2) is 0 Å². The van der Waals surface area contributed by atoms with Gasteiger partial charge in [-0.05, 0) is 43.4 Å². The smallest absolute Gasteiger partial charge is 0.00646 e.